The third kappa shape index (κ3) is 22.8. The molecule has 6 saturated heterocycles. The Kier molecular flexibility index (Phi) is 33.5. The summed E-state index contributed by atoms with van der Waals surface area (Å²) in [6.07, 6.45) is -20.2. The van der Waals surface area contributed by atoms with Crippen LogP contribution >= 0.6 is 0 Å². The van der Waals surface area contributed by atoms with Gasteiger partial charge in [0.25, 0.3) is 0 Å². The van der Waals surface area contributed by atoms with E-state index in [1.54, 1.807) is 44.2 Å². The molecular weight excluding hydrogens is 1260 g/mol. The van der Waals surface area contributed by atoms with Gasteiger partial charge in [-0.2, -0.15) is 0 Å². The van der Waals surface area contributed by atoms with E-state index >= 15 is 0 Å². The smallest absolute Gasteiger partial charge is 0.331 e. The fourth-order valence-electron chi connectivity index (χ4n) is 13.2. The van der Waals surface area contributed by atoms with Crippen LogP contribution in [-0.4, -0.2) is 231 Å². The van der Waals surface area contributed by atoms with Crippen molar-refractivity contribution in [1.82, 2.24) is 0 Å². The van der Waals surface area contributed by atoms with E-state index in [0.717, 1.165) is 109 Å². The van der Waals surface area contributed by atoms with Gasteiger partial charge >= 0.3 is 23.9 Å². The second kappa shape index (κ2) is 40.5. The molecule has 0 saturated carbocycles. The molecule has 0 spiro atoms. The molecule has 26 nitrogen and oxygen atoms in total. The predicted molar refractivity (Wildman–Crippen MR) is 342 cm³/mol. The Morgan fingerprint density at radius 1 is 0.490 bits per heavy atom. The Labute approximate surface area is 565 Å². The number of benzene rings is 1. The van der Waals surface area contributed by atoms with Crippen LogP contribution < -0.4 is 0 Å². The summed E-state index contributed by atoms with van der Waals surface area (Å²) >= 11 is 0. The van der Waals surface area contributed by atoms with Crippen molar-refractivity contribution in [1.29, 1.82) is 0 Å². The number of ether oxygens (including phenoxy) is 14. The van der Waals surface area contributed by atoms with E-state index in [2.05, 4.69) is 13.8 Å². The van der Waals surface area contributed by atoms with E-state index in [-0.39, 0.29) is 25.4 Å². The van der Waals surface area contributed by atoms with Gasteiger partial charge in [0.1, 0.15) is 73.2 Å². The summed E-state index contributed by atoms with van der Waals surface area (Å²) in [5, 5.41) is 92.2. The zero-order chi connectivity index (χ0) is 69.4. The molecule has 0 aliphatic carbocycles. The predicted octanol–water partition coefficient (Wildman–Crippen LogP) is 5.93. The molecule has 6 fully saturated rings. The Morgan fingerprint density at radius 3 is 1.74 bits per heavy atom. The van der Waals surface area contributed by atoms with Crippen LogP contribution in [-0.2, 0) is 85.5 Å². The number of carbonyl (C=O) groups is 4. The molecule has 7 rings (SSSR count). The molecule has 0 aromatic heterocycles. The molecule has 1 aromatic carbocycles. The van der Waals surface area contributed by atoms with Crippen LogP contribution in [0.2, 0.25) is 0 Å². The summed E-state index contributed by atoms with van der Waals surface area (Å²) in [4.78, 5) is 55.2. The van der Waals surface area contributed by atoms with E-state index < -0.39 is 184 Å². The van der Waals surface area contributed by atoms with Crippen LogP contribution in [0.3, 0.4) is 0 Å². The first-order valence-electron chi connectivity index (χ1n) is 35.6. The first-order chi connectivity index (χ1) is 46.2. The van der Waals surface area contributed by atoms with E-state index in [1.165, 1.54) is 26.8 Å². The van der Waals surface area contributed by atoms with Crippen molar-refractivity contribution < 1.29 is 126 Å². The highest BCUT2D eigenvalue weighted by Crippen LogP contribution is 2.40. The van der Waals surface area contributed by atoms with Crippen molar-refractivity contribution in [3.8, 4) is 0 Å². The highest BCUT2D eigenvalue weighted by Gasteiger charge is 2.59. The minimum absolute atomic E-state index is 0.0539. The fourth-order valence-corrected chi connectivity index (χ4v) is 13.2. The fraction of sp³-hybridized carbons (Fsp3) is 0.829. The van der Waals surface area contributed by atoms with Gasteiger partial charge in [-0.25, -0.2) is 4.79 Å². The molecule has 0 radical (unpaired) electrons. The summed E-state index contributed by atoms with van der Waals surface area (Å²) < 4.78 is 89.1. The van der Waals surface area contributed by atoms with Gasteiger partial charge in [0.15, 0.2) is 55.9 Å². The summed E-state index contributed by atoms with van der Waals surface area (Å²) in [5.74, 6) is -3.21. The lowest BCUT2D eigenvalue weighted by molar-refractivity contribution is -0.400. The van der Waals surface area contributed by atoms with Crippen molar-refractivity contribution in [2.45, 2.75) is 362 Å². The Balaban J connectivity index is 1.26. The molecule has 26 unspecified atom stereocenters. The Bertz CT molecular complexity index is 2460. The zero-order valence-electron chi connectivity index (χ0n) is 57.2. The number of fused-ring (bicyclic) bond motifs is 2. The van der Waals surface area contributed by atoms with Crippen molar-refractivity contribution in [2.75, 3.05) is 6.61 Å². The minimum atomic E-state index is -2.06. The van der Waals surface area contributed by atoms with Crippen LogP contribution in [0.15, 0.2) is 36.4 Å². The first-order valence-corrected chi connectivity index (χ1v) is 35.6. The normalized spacial score (nSPS) is 38.5. The number of rotatable bonds is 27. The lowest BCUT2D eigenvalue weighted by Crippen LogP contribution is -2.68. The molecule has 548 valence electrons. The van der Waals surface area contributed by atoms with Crippen molar-refractivity contribution in [2.24, 2.45) is 0 Å². The molecule has 26 heteroatoms. The van der Waals surface area contributed by atoms with Crippen LogP contribution in [0.25, 0.3) is 6.08 Å². The third-order valence-electron chi connectivity index (χ3n) is 18.9. The lowest BCUT2D eigenvalue weighted by atomic mass is 9.95. The largest absolute Gasteiger partial charge is 0.457 e. The zero-order valence-corrected chi connectivity index (χ0v) is 57.2. The van der Waals surface area contributed by atoms with Crippen LogP contribution in [0, 0.1) is 0 Å². The maximum atomic E-state index is 14.5. The van der Waals surface area contributed by atoms with Crippen LogP contribution in [0.1, 0.15) is 208 Å². The van der Waals surface area contributed by atoms with Crippen molar-refractivity contribution in [3.05, 3.63) is 42.0 Å². The Morgan fingerprint density at radius 2 is 1.06 bits per heavy atom. The average Bonchev–Trinajstić information content (AvgIpc) is 0.767. The van der Waals surface area contributed by atoms with Crippen LogP contribution in [0.5, 0.6) is 0 Å². The third-order valence-corrected chi connectivity index (χ3v) is 18.9. The lowest BCUT2D eigenvalue weighted by Gasteiger charge is -2.51. The van der Waals surface area contributed by atoms with E-state index in [1.807, 2.05) is 0 Å². The Hall–Kier alpha value is -3.88. The highest BCUT2D eigenvalue weighted by atomic mass is 16.8. The van der Waals surface area contributed by atoms with Gasteiger partial charge in [0.05, 0.1) is 37.1 Å². The number of carbonyl (C=O) groups excluding carboxylic acids is 4. The van der Waals surface area contributed by atoms with Gasteiger partial charge in [-0.05, 0) is 65.0 Å². The molecule has 96 heavy (non-hydrogen) atoms. The molecule has 8 N–H and O–H groups in total. The summed E-state index contributed by atoms with van der Waals surface area (Å²) in [6.45, 7) is 11.0. The van der Waals surface area contributed by atoms with Gasteiger partial charge in [0, 0.05) is 25.3 Å². The molecule has 6 heterocycles. The first kappa shape index (κ1) is 79.4. The molecule has 26 atom stereocenters. The van der Waals surface area contributed by atoms with Gasteiger partial charge in [0.2, 0.25) is 0 Å². The molecule has 1 aromatic rings. The number of hydrogen-bond acceptors (Lipinski definition) is 26. The second-order valence-electron chi connectivity index (χ2n) is 26.6. The maximum Gasteiger partial charge on any atom is 0.331 e. The van der Waals surface area contributed by atoms with E-state index in [4.69, 9.17) is 66.3 Å². The van der Waals surface area contributed by atoms with Gasteiger partial charge < -0.3 is 107 Å². The number of esters is 4. The maximum absolute atomic E-state index is 14.5. The second-order valence-corrected chi connectivity index (χ2v) is 26.6. The number of aliphatic hydroxyl groups excluding tert-OH is 8. The number of hydrogen-bond donors (Lipinski definition) is 8. The van der Waals surface area contributed by atoms with Gasteiger partial charge in [-0.15, -0.1) is 0 Å². The van der Waals surface area contributed by atoms with E-state index in [0.29, 0.717) is 37.7 Å². The molecule has 6 aliphatic heterocycles. The molecule has 6 aliphatic rings. The number of aliphatic hydroxyl groups is 8. The quantitative estimate of drug-likeness (QED) is 0.0219. The van der Waals surface area contributed by atoms with Crippen LogP contribution in [0.4, 0.5) is 0 Å². The minimum Gasteiger partial charge on any atom is -0.457 e. The summed E-state index contributed by atoms with van der Waals surface area (Å²) in [6, 6.07) is 8.79. The highest BCUT2D eigenvalue weighted by molar-refractivity contribution is 5.87. The van der Waals surface area contributed by atoms with Crippen molar-refractivity contribution in [3.63, 3.8) is 0 Å². The van der Waals surface area contributed by atoms with Gasteiger partial charge in [-0.3, -0.25) is 14.4 Å². The molecule has 0 bridgehead atoms. The average molecular weight is 1370 g/mol. The monoisotopic (exact) mass is 1370 g/mol. The van der Waals surface area contributed by atoms with Crippen molar-refractivity contribution >= 4 is 30.0 Å². The standard InChI is InChI=1S/C70H112O26/c1-8-11-13-14-15-16-19-22-30-36-49(74)92-65-64(96-66-55(80)53(78)52(77)46(39-71)88-66)60(94-68-62(56(81)58(41(5)84-68)89-47(72)10-3)91-50(75)38-37-44-31-26-24-27-32-44)43(7)86-70(65)93-59-42(6)85-69-63(57(59)82)90-48(73)35-29-23-20-17-18-21-28-34-45(33-25-12-9-2)87-67-61(95-69)54(79)51(76)40(4)83-67/h24,26-27,31-32,37-38,40-43,45-46,51-71,76-82H,8-23,25,28-30,33-36,39H2,1-7H3. The molecular formula is C70H112O26. The van der Waals surface area contributed by atoms with E-state index in [9.17, 15) is 60.0 Å². The topological polar surface area (TPSA) is 359 Å². The summed E-state index contributed by atoms with van der Waals surface area (Å²) in [7, 11) is 0. The summed E-state index contributed by atoms with van der Waals surface area (Å²) in [5.41, 5.74) is 0.630. The number of unbranched alkanes of at least 4 members (excludes halogenated alkanes) is 10. The molecule has 0 amide bonds. The SMILES string of the molecule is CCCCCCCCCCCC(=O)OC1C(OC2C(C)OC3OC4C(OC(CCCCC)CCCCCCCCCC(=O)OC3C2O)OC(C)C(O)C4O)OC(C)C(OC2OC(C)C(OC(=O)CC)C(O)C2OC(=O)C=Cc2ccccc2)C1OC1OC(CO)C(O)C(O)C1O. The van der Waals surface area contributed by atoms with Gasteiger partial charge in [-0.1, -0.05) is 160 Å².